The minimum Gasteiger partial charge on any atom is -0.495 e. The summed E-state index contributed by atoms with van der Waals surface area (Å²) >= 11 is 6.46. The van der Waals surface area contributed by atoms with Crippen molar-refractivity contribution >= 4 is 29.3 Å². The summed E-state index contributed by atoms with van der Waals surface area (Å²) in [5, 5.41) is 27.9. The molecule has 1 aromatic carbocycles. The van der Waals surface area contributed by atoms with Gasteiger partial charge in [-0.25, -0.2) is 4.79 Å². The number of methoxy groups -OCH3 is 2. The average Bonchev–Trinajstić information content (AvgIpc) is 3.54. The lowest BCUT2D eigenvalue weighted by molar-refractivity contribution is -0.142. The minimum atomic E-state index is -1.73. The number of aliphatic hydroxyl groups excluding tert-OH is 1. The molecule has 4 bridgehead atoms. The van der Waals surface area contributed by atoms with Crippen LogP contribution in [0, 0.1) is 5.92 Å². The number of fused-ring (bicyclic) bond motifs is 5. The zero-order valence-electron chi connectivity index (χ0n) is 22.1. The molecule has 2 saturated heterocycles. The lowest BCUT2D eigenvalue weighted by Crippen LogP contribution is -2.63. The SMILES string of the molecule is COc1cc2cc(c1Cl)NC(=O)CC(O)C1(C)OC1C(C)C1CC(O)(NC(=O)O1)C(OC)C=CC=C(C)C2. The van der Waals surface area contributed by atoms with Gasteiger partial charge in [0, 0.05) is 19.4 Å². The lowest BCUT2D eigenvalue weighted by atomic mass is 9.84. The number of alkyl carbamates (subject to hydrolysis) is 1. The summed E-state index contributed by atoms with van der Waals surface area (Å²) < 4.78 is 22.3. The first-order valence-corrected chi connectivity index (χ1v) is 12.9. The zero-order chi connectivity index (χ0) is 27.8. The Morgan fingerprint density at radius 1 is 1.24 bits per heavy atom. The fourth-order valence-corrected chi connectivity index (χ4v) is 5.50. The van der Waals surface area contributed by atoms with Crippen LogP contribution in [0.15, 0.2) is 35.9 Å². The van der Waals surface area contributed by atoms with Crippen LogP contribution < -0.4 is 15.4 Å². The van der Waals surface area contributed by atoms with Crippen LogP contribution in [0.25, 0.3) is 0 Å². The molecule has 1 aromatic rings. The van der Waals surface area contributed by atoms with Gasteiger partial charge in [0.05, 0.1) is 31.4 Å². The van der Waals surface area contributed by atoms with Crippen molar-refractivity contribution < 1.29 is 38.7 Å². The highest BCUT2D eigenvalue weighted by Crippen LogP contribution is 2.47. The quantitative estimate of drug-likeness (QED) is 0.412. The number of hydrogen-bond acceptors (Lipinski definition) is 8. The molecule has 0 aliphatic carbocycles. The molecule has 11 heteroatoms. The average molecular weight is 551 g/mol. The van der Waals surface area contributed by atoms with E-state index in [1.807, 2.05) is 19.9 Å². The molecule has 2 fully saturated rings. The number of carbonyl (C=O) groups is 2. The van der Waals surface area contributed by atoms with E-state index >= 15 is 0 Å². The van der Waals surface area contributed by atoms with Gasteiger partial charge in [0.15, 0.2) is 5.72 Å². The highest BCUT2D eigenvalue weighted by molar-refractivity contribution is 6.35. The third kappa shape index (κ3) is 5.69. The first-order valence-electron chi connectivity index (χ1n) is 12.5. The van der Waals surface area contributed by atoms with Gasteiger partial charge < -0.3 is 34.5 Å². The van der Waals surface area contributed by atoms with Crippen molar-refractivity contribution in [2.75, 3.05) is 19.5 Å². The third-order valence-electron chi connectivity index (χ3n) is 7.55. The number of epoxide rings is 1. The second kappa shape index (κ2) is 10.9. The van der Waals surface area contributed by atoms with Crippen LogP contribution in [-0.2, 0) is 25.4 Å². The topological polar surface area (TPSA) is 139 Å². The van der Waals surface area contributed by atoms with E-state index in [1.54, 1.807) is 31.2 Å². The Balaban J connectivity index is 1.71. The smallest absolute Gasteiger partial charge is 0.409 e. The Kier molecular flexibility index (Phi) is 8.11. The van der Waals surface area contributed by atoms with Gasteiger partial charge in [-0.05, 0) is 38.0 Å². The van der Waals surface area contributed by atoms with Crippen LogP contribution in [0.5, 0.6) is 5.75 Å². The highest BCUT2D eigenvalue weighted by Gasteiger charge is 2.62. The maximum atomic E-state index is 12.9. The van der Waals surface area contributed by atoms with Gasteiger partial charge >= 0.3 is 6.09 Å². The molecule has 4 rings (SSSR count). The van der Waals surface area contributed by atoms with Crippen LogP contribution in [0.2, 0.25) is 5.02 Å². The van der Waals surface area contributed by atoms with Crippen molar-refractivity contribution in [2.24, 2.45) is 5.92 Å². The van der Waals surface area contributed by atoms with Gasteiger partial charge in [0.2, 0.25) is 5.91 Å². The Hall–Kier alpha value is -2.63. The van der Waals surface area contributed by atoms with E-state index in [0.29, 0.717) is 17.9 Å². The van der Waals surface area contributed by atoms with Gasteiger partial charge in [-0.2, -0.15) is 0 Å². The number of hydrogen-bond donors (Lipinski definition) is 4. The molecule has 0 aromatic heterocycles. The third-order valence-corrected chi connectivity index (χ3v) is 7.94. The van der Waals surface area contributed by atoms with Crippen molar-refractivity contribution in [3.8, 4) is 5.75 Å². The fraction of sp³-hybridized carbons (Fsp3) is 0.556. The van der Waals surface area contributed by atoms with Gasteiger partial charge in [-0.3, -0.25) is 10.1 Å². The first kappa shape index (κ1) is 28.4. The Morgan fingerprint density at radius 2 is 1.97 bits per heavy atom. The van der Waals surface area contributed by atoms with Crippen molar-refractivity contribution in [3.63, 3.8) is 0 Å². The first-order chi connectivity index (χ1) is 17.9. The monoisotopic (exact) mass is 550 g/mol. The van der Waals surface area contributed by atoms with Crippen LogP contribution in [0.4, 0.5) is 10.5 Å². The molecule has 10 nitrogen and oxygen atoms in total. The molecule has 0 saturated carbocycles. The Morgan fingerprint density at radius 3 is 2.66 bits per heavy atom. The zero-order valence-corrected chi connectivity index (χ0v) is 22.9. The molecule has 0 radical (unpaired) electrons. The molecule has 3 heterocycles. The molecule has 3 aliphatic rings. The number of rotatable bonds is 2. The molecule has 38 heavy (non-hydrogen) atoms. The van der Waals surface area contributed by atoms with E-state index in [9.17, 15) is 19.8 Å². The van der Waals surface area contributed by atoms with E-state index in [-0.39, 0.29) is 17.9 Å². The predicted molar refractivity (Wildman–Crippen MR) is 140 cm³/mol. The molecule has 7 unspecified atom stereocenters. The highest BCUT2D eigenvalue weighted by atomic mass is 35.5. The minimum absolute atomic E-state index is 0.0299. The number of ether oxygens (including phenoxy) is 4. The number of carbonyl (C=O) groups excluding carboxylic acids is 2. The van der Waals surface area contributed by atoms with Gasteiger partial charge in [0.25, 0.3) is 0 Å². The second-order valence-corrected chi connectivity index (χ2v) is 10.8. The number of benzene rings is 1. The summed E-state index contributed by atoms with van der Waals surface area (Å²) in [4.78, 5) is 25.3. The number of amides is 2. The predicted octanol–water partition coefficient (Wildman–Crippen LogP) is 3.09. The van der Waals surface area contributed by atoms with E-state index in [1.165, 1.54) is 14.2 Å². The van der Waals surface area contributed by atoms with Crippen molar-refractivity contribution in [3.05, 3.63) is 46.5 Å². The largest absolute Gasteiger partial charge is 0.495 e. The number of nitrogens with one attached hydrogen (secondary N) is 2. The van der Waals surface area contributed by atoms with E-state index in [0.717, 1.165) is 11.1 Å². The van der Waals surface area contributed by atoms with E-state index in [4.69, 9.17) is 30.5 Å². The summed E-state index contributed by atoms with van der Waals surface area (Å²) in [6.45, 7) is 5.45. The summed E-state index contributed by atoms with van der Waals surface area (Å²) in [5.74, 6) is -0.429. The van der Waals surface area contributed by atoms with Crippen molar-refractivity contribution in [1.29, 1.82) is 0 Å². The molecule has 208 valence electrons. The normalized spacial score (nSPS) is 35.8. The van der Waals surface area contributed by atoms with Gasteiger partial charge in [-0.15, -0.1) is 0 Å². The van der Waals surface area contributed by atoms with Gasteiger partial charge in [0.1, 0.15) is 28.6 Å². The summed E-state index contributed by atoms with van der Waals surface area (Å²) in [6.07, 6.45) is 1.57. The Labute approximate surface area is 226 Å². The Bertz CT molecular complexity index is 1160. The van der Waals surface area contributed by atoms with Crippen LogP contribution in [0.1, 0.15) is 39.2 Å². The second-order valence-electron chi connectivity index (χ2n) is 10.4. The maximum Gasteiger partial charge on any atom is 0.409 e. The van der Waals surface area contributed by atoms with Crippen LogP contribution >= 0.6 is 11.6 Å². The molecular formula is C27H35ClN2O8. The molecule has 2 amide bonds. The van der Waals surface area contributed by atoms with Crippen LogP contribution in [-0.4, -0.2) is 72.2 Å². The summed E-state index contributed by atoms with van der Waals surface area (Å²) in [5.41, 5.74) is -0.590. The summed E-state index contributed by atoms with van der Waals surface area (Å²) in [6, 6.07) is 3.56. The van der Waals surface area contributed by atoms with Gasteiger partial charge in [-0.1, -0.05) is 42.3 Å². The molecule has 3 aliphatic heterocycles. The van der Waals surface area contributed by atoms with Crippen molar-refractivity contribution in [1.82, 2.24) is 5.32 Å². The van der Waals surface area contributed by atoms with E-state index < -0.39 is 53.7 Å². The fourth-order valence-electron chi connectivity index (χ4n) is 5.27. The molecule has 4 N–H and O–H groups in total. The molecule has 0 spiro atoms. The number of anilines is 1. The molecule has 7 atom stereocenters. The maximum absolute atomic E-state index is 12.9. The van der Waals surface area contributed by atoms with Crippen LogP contribution in [0.3, 0.4) is 0 Å². The molecular weight excluding hydrogens is 516 g/mol. The number of aliphatic hydroxyl groups is 2. The van der Waals surface area contributed by atoms with Crippen molar-refractivity contribution in [2.45, 2.75) is 75.8 Å². The van der Waals surface area contributed by atoms with E-state index in [2.05, 4.69) is 10.6 Å². The lowest BCUT2D eigenvalue weighted by Gasteiger charge is -2.42. The standard InChI is InChI=1S/C27H35ClN2O8/c1-14-7-6-8-21(36-5)27(34)13-19(37-25(33)30-27)15(2)24-26(3,38-24)20(31)12-22(32)29-17-10-16(9-14)11-18(35-4)23(17)28/h6-8,10-11,15,19-21,24,31,34H,9,12-13H2,1-5H3,(H,29,32)(H,30,33). The summed E-state index contributed by atoms with van der Waals surface area (Å²) in [7, 11) is 2.94. The number of allylic oxidation sites excluding steroid dienone is 3. The number of halogens is 1.